The zero-order valence-corrected chi connectivity index (χ0v) is 7.54. The van der Waals surface area contributed by atoms with E-state index in [0.717, 1.165) is 11.8 Å². The third-order valence-electron chi connectivity index (χ3n) is 1.17. The lowest BCUT2D eigenvalue weighted by molar-refractivity contribution is -0.109. The third kappa shape index (κ3) is 7.91. The fourth-order valence-electron chi connectivity index (χ4n) is 0.642. The second-order valence-corrected chi connectivity index (χ2v) is 3.62. The van der Waals surface area contributed by atoms with Gasteiger partial charge in [0.25, 0.3) is 0 Å². The Morgan fingerprint density at radius 1 is 1.42 bits per heavy atom. The molecule has 1 unspecified atom stereocenters. The predicted octanol–water partition coefficient (Wildman–Crippen LogP) is 2.65. The van der Waals surface area contributed by atoms with E-state index >= 15 is 0 Å². The average molecular weight is 200 g/mol. The van der Waals surface area contributed by atoms with Gasteiger partial charge in [-0.25, -0.2) is 13.2 Å². The van der Waals surface area contributed by atoms with Crippen LogP contribution >= 0.6 is 11.8 Å². The Kier molecular flexibility index (Phi) is 6.24. The molecule has 0 heterocycles. The van der Waals surface area contributed by atoms with E-state index in [1.54, 1.807) is 0 Å². The molecule has 0 radical (unpaired) electrons. The molecule has 0 saturated heterocycles. The second kappa shape index (κ2) is 6.34. The van der Waals surface area contributed by atoms with Crippen molar-refractivity contribution in [1.82, 2.24) is 0 Å². The highest BCUT2D eigenvalue weighted by Gasteiger charge is 2.13. The minimum absolute atomic E-state index is 0.0224. The van der Waals surface area contributed by atoms with E-state index in [1.165, 1.54) is 6.92 Å². The molecule has 12 heavy (non-hydrogen) atoms. The van der Waals surface area contributed by atoms with Crippen molar-refractivity contribution in [2.24, 2.45) is 0 Å². The van der Waals surface area contributed by atoms with E-state index in [0.29, 0.717) is 0 Å². The molecule has 0 amide bonds. The van der Waals surface area contributed by atoms with Crippen molar-refractivity contribution >= 4 is 16.9 Å². The van der Waals surface area contributed by atoms with Crippen LogP contribution in [-0.2, 0) is 4.79 Å². The van der Waals surface area contributed by atoms with Crippen LogP contribution in [0.25, 0.3) is 0 Å². The number of halogens is 3. The van der Waals surface area contributed by atoms with Gasteiger partial charge in [-0.3, -0.25) is 4.79 Å². The number of hydrogen-bond acceptors (Lipinski definition) is 2. The first-order valence-electron chi connectivity index (χ1n) is 3.58. The molecule has 0 aliphatic rings. The zero-order chi connectivity index (χ0) is 9.56. The van der Waals surface area contributed by atoms with Gasteiger partial charge in [-0.05, 0) is 6.42 Å². The molecule has 0 aliphatic heterocycles. The minimum atomic E-state index is -2.60. The van der Waals surface area contributed by atoms with Crippen LogP contribution in [-0.4, -0.2) is 23.5 Å². The molecule has 0 aromatic heterocycles. The highest BCUT2D eigenvalue weighted by molar-refractivity contribution is 8.13. The maximum atomic E-state index is 12.5. The van der Waals surface area contributed by atoms with Gasteiger partial charge in [0, 0.05) is 19.1 Å². The Bertz CT molecular complexity index is 141. The number of carbonyl (C=O) groups excluding carboxylic acids is 1. The van der Waals surface area contributed by atoms with Gasteiger partial charge in [-0.1, -0.05) is 11.8 Å². The Hall–Kier alpha value is -0.190. The van der Waals surface area contributed by atoms with Gasteiger partial charge in [0.15, 0.2) is 5.12 Å². The monoisotopic (exact) mass is 200 g/mol. The summed E-state index contributed by atoms with van der Waals surface area (Å²) in [6.45, 7) is 1.37. The first-order chi connectivity index (χ1) is 5.52. The number of thioether (sulfide) groups is 1. The standard InChI is InChI=1S/C7H11F3OS/c1-5(11)12-3-2-6(8)4-7(9)10/h6-7H,2-4H2,1H3. The van der Waals surface area contributed by atoms with Crippen LogP contribution in [0.2, 0.25) is 0 Å². The van der Waals surface area contributed by atoms with Crippen molar-refractivity contribution in [2.45, 2.75) is 32.4 Å². The molecule has 0 aliphatic carbocycles. The van der Waals surface area contributed by atoms with E-state index in [-0.39, 0.29) is 17.3 Å². The lowest BCUT2D eigenvalue weighted by Gasteiger charge is -2.05. The molecular weight excluding hydrogens is 189 g/mol. The maximum absolute atomic E-state index is 12.5. The Labute approximate surface area is 73.7 Å². The Morgan fingerprint density at radius 3 is 2.42 bits per heavy atom. The van der Waals surface area contributed by atoms with Crippen LogP contribution in [0.3, 0.4) is 0 Å². The number of alkyl halides is 3. The second-order valence-electron chi connectivity index (χ2n) is 2.35. The fourth-order valence-corrected chi connectivity index (χ4v) is 1.30. The van der Waals surface area contributed by atoms with Crippen molar-refractivity contribution < 1.29 is 18.0 Å². The van der Waals surface area contributed by atoms with E-state index in [2.05, 4.69) is 0 Å². The molecule has 0 rings (SSSR count). The van der Waals surface area contributed by atoms with Crippen LogP contribution in [0, 0.1) is 0 Å². The lowest BCUT2D eigenvalue weighted by atomic mass is 10.2. The first-order valence-corrected chi connectivity index (χ1v) is 4.56. The van der Waals surface area contributed by atoms with Crippen LogP contribution in [0.4, 0.5) is 13.2 Å². The largest absolute Gasteiger partial charge is 0.288 e. The topological polar surface area (TPSA) is 17.1 Å². The fraction of sp³-hybridized carbons (Fsp3) is 0.857. The molecule has 0 fully saturated rings. The van der Waals surface area contributed by atoms with Gasteiger partial charge in [-0.2, -0.15) is 0 Å². The van der Waals surface area contributed by atoms with Crippen LogP contribution in [0.15, 0.2) is 0 Å². The summed E-state index contributed by atoms with van der Waals surface area (Å²) in [5, 5.41) is -0.112. The van der Waals surface area contributed by atoms with Crippen molar-refractivity contribution in [3.8, 4) is 0 Å². The summed E-state index contributed by atoms with van der Waals surface area (Å²) >= 11 is 0.963. The molecule has 5 heteroatoms. The van der Waals surface area contributed by atoms with Gasteiger partial charge >= 0.3 is 0 Å². The van der Waals surface area contributed by atoms with Crippen LogP contribution < -0.4 is 0 Å². The summed E-state index contributed by atoms with van der Waals surface area (Å²) in [5.74, 6) is 0.281. The summed E-state index contributed by atoms with van der Waals surface area (Å²) in [6, 6.07) is 0. The van der Waals surface area contributed by atoms with Crippen molar-refractivity contribution in [3.63, 3.8) is 0 Å². The molecule has 0 bridgehead atoms. The summed E-state index contributed by atoms with van der Waals surface area (Å²) in [6.07, 6.45) is -4.79. The third-order valence-corrected chi connectivity index (χ3v) is 2.02. The quantitative estimate of drug-likeness (QED) is 0.678. The molecule has 0 saturated carbocycles. The highest BCUT2D eigenvalue weighted by atomic mass is 32.2. The van der Waals surface area contributed by atoms with Gasteiger partial charge in [0.2, 0.25) is 6.43 Å². The van der Waals surface area contributed by atoms with Crippen molar-refractivity contribution in [3.05, 3.63) is 0 Å². The Balaban J connectivity index is 3.31. The SMILES string of the molecule is CC(=O)SCCC(F)CC(F)F. The summed E-state index contributed by atoms with van der Waals surface area (Å²) in [7, 11) is 0. The lowest BCUT2D eigenvalue weighted by Crippen LogP contribution is -2.07. The maximum Gasteiger partial charge on any atom is 0.241 e. The molecule has 0 spiro atoms. The molecule has 1 atom stereocenters. The molecule has 1 nitrogen and oxygen atoms in total. The van der Waals surface area contributed by atoms with E-state index < -0.39 is 19.0 Å². The van der Waals surface area contributed by atoms with Crippen molar-refractivity contribution in [1.29, 1.82) is 0 Å². The zero-order valence-electron chi connectivity index (χ0n) is 6.73. The molecule has 0 aromatic rings. The van der Waals surface area contributed by atoms with Crippen LogP contribution in [0.5, 0.6) is 0 Å². The summed E-state index contributed by atoms with van der Waals surface area (Å²) < 4.78 is 35.6. The van der Waals surface area contributed by atoms with E-state index in [9.17, 15) is 18.0 Å². The predicted molar refractivity (Wildman–Crippen MR) is 43.3 cm³/mol. The number of hydrogen-bond donors (Lipinski definition) is 0. The molecule has 0 N–H and O–H groups in total. The van der Waals surface area contributed by atoms with E-state index in [1.807, 2.05) is 0 Å². The van der Waals surface area contributed by atoms with Crippen molar-refractivity contribution in [2.75, 3.05) is 5.75 Å². The highest BCUT2D eigenvalue weighted by Crippen LogP contribution is 2.14. The average Bonchev–Trinajstić information content (AvgIpc) is 1.84. The smallest absolute Gasteiger partial charge is 0.241 e. The van der Waals surface area contributed by atoms with Gasteiger partial charge in [0.1, 0.15) is 6.17 Å². The molecular formula is C7H11F3OS. The Morgan fingerprint density at radius 2 is 2.00 bits per heavy atom. The van der Waals surface area contributed by atoms with Gasteiger partial charge in [-0.15, -0.1) is 0 Å². The van der Waals surface area contributed by atoms with Gasteiger partial charge < -0.3 is 0 Å². The first kappa shape index (κ1) is 11.8. The normalized spacial score (nSPS) is 13.4. The minimum Gasteiger partial charge on any atom is -0.288 e. The summed E-state index contributed by atoms with van der Waals surface area (Å²) in [5.41, 5.74) is 0. The van der Waals surface area contributed by atoms with E-state index in [4.69, 9.17) is 0 Å². The number of rotatable bonds is 5. The van der Waals surface area contributed by atoms with Crippen LogP contribution in [0.1, 0.15) is 19.8 Å². The molecule has 0 aromatic carbocycles. The van der Waals surface area contributed by atoms with Gasteiger partial charge in [0.05, 0.1) is 0 Å². The molecule has 72 valence electrons. The summed E-state index contributed by atoms with van der Waals surface area (Å²) in [4.78, 5) is 10.3. The number of carbonyl (C=O) groups is 1.